The van der Waals surface area contributed by atoms with Gasteiger partial charge in [-0.25, -0.2) is 4.79 Å². The molecule has 1 N–H and O–H groups in total. The molecule has 4 nitrogen and oxygen atoms in total. The monoisotopic (exact) mass is 315 g/mol. The van der Waals surface area contributed by atoms with Crippen LogP contribution in [0.5, 0.6) is 0 Å². The number of carbonyl (C=O) groups is 1. The molecule has 6 heteroatoms. The van der Waals surface area contributed by atoms with Crippen LogP contribution in [0.15, 0.2) is 14.8 Å². The summed E-state index contributed by atoms with van der Waals surface area (Å²) in [4.78, 5) is 23.9. The van der Waals surface area contributed by atoms with Gasteiger partial charge in [0.2, 0.25) is 5.43 Å². The molecule has 17 heavy (non-hydrogen) atoms. The zero-order valence-corrected chi connectivity index (χ0v) is 11.7. The maximum atomic E-state index is 12.1. The molecule has 2 aromatic rings. The van der Waals surface area contributed by atoms with Crippen molar-refractivity contribution in [2.75, 3.05) is 0 Å². The first-order valence-corrected chi connectivity index (χ1v) is 6.63. The molecule has 0 amide bonds. The van der Waals surface area contributed by atoms with E-state index < -0.39 is 11.4 Å². The van der Waals surface area contributed by atoms with E-state index in [-0.39, 0.29) is 5.56 Å². The summed E-state index contributed by atoms with van der Waals surface area (Å²) in [6, 6.07) is 0. The molecule has 0 fully saturated rings. The van der Waals surface area contributed by atoms with E-state index in [4.69, 9.17) is 5.11 Å². The van der Waals surface area contributed by atoms with E-state index in [9.17, 15) is 9.59 Å². The quantitative estimate of drug-likeness (QED) is 0.927. The Kier molecular flexibility index (Phi) is 3.09. The number of hydrogen-bond donors (Lipinski definition) is 1. The van der Waals surface area contributed by atoms with Crippen molar-refractivity contribution in [3.05, 3.63) is 31.3 Å². The lowest BCUT2D eigenvalue weighted by atomic mass is 10.1. The minimum absolute atomic E-state index is 0.173. The van der Waals surface area contributed by atoms with Crippen LogP contribution in [-0.2, 0) is 6.54 Å². The van der Waals surface area contributed by atoms with E-state index in [0.29, 0.717) is 11.9 Å². The summed E-state index contributed by atoms with van der Waals surface area (Å²) in [6.07, 6.45) is 1.41. The zero-order chi connectivity index (χ0) is 12.7. The summed E-state index contributed by atoms with van der Waals surface area (Å²) in [7, 11) is 0. The molecule has 2 aromatic heterocycles. The lowest BCUT2D eigenvalue weighted by molar-refractivity contribution is 0.0695. The highest BCUT2D eigenvalue weighted by atomic mass is 79.9. The van der Waals surface area contributed by atoms with Crippen molar-refractivity contribution in [3.63, 3.8) is 0 Å². The van der Waals surface area contributed by atoms with Crippen LogP contribution in [0, 0.1) is 6.92 Å². The normalized spacial score (nSPS) is 11.0. The third kappa shape index (κ3) is 1.81. The topological polar surface area (TPSA) is 59.3 Å². The number of hydrogen-bond acceptors (Lipinski definition) is 3. The molecule has 0 aromatic carbocycles. The number of carboxylic acid groups (broad SMARTS) is 1. The number of fused-ring (bicyclic) bond motifs is 1. The first-order valence-electron chi connectivity index (χ1n) is 5.02. The van der Waals surface area contributed by atoms with Gasteiger partial charge in [0, 0.05) is 12.7 Å². The maximum Gasteiger partial charge on any atom is 0.341 e. The number of aromatic carboxylic acids is 1. The van der Waals surface area contributed by atoms with Gasteiger partial charge in [-0.05, 0) is 35.3 Å². The Bertz CT molecular complexity index is 671. The van der Waals surface area contributed by atoms with Crippen LogP contribution in [0.25, 0.3) is 10.2 Å². The van der Waals surface area contributed by atoms with Crippen LogP contribution >= 0.6 is 27.3 Å². The smallest absolute Gasteiger partial charge is 0.341 e. The molecule has 0 aliphatic carbocycles. The zero-order valence-electron chi connectivity index (χ0n) is 9.28. The maximum absolute atomic E-state index is 12.1. The molecular weight excluding hydrogens is 306 g/mol. The fraction of sp³-hybridized carbons (Fsp3) is 0.273. The number of thiophene rings is 1. The van der Waals surface area contributed by atoms with Gasteiger partial charge in [0.15, 0.2) is 0 Å². The van der Waals surface area contributed by atoms with Gasteiger partial charge in [0.05, 0.1) is 9.17 Å². The van der Waals surface area contributed by atoms with Gasteiger partial charge in [-0.15, -0.1) is 11.3 Å². The predicted molar refractivity (Wildman–Crippen MR) is 71.2 cm³/mol. The van der Waals surface area contributed by atoms with Crippen LogP contribution in [0.4, 0.5) is 0 Å². The molecule has 0 spiro atoms. The Labute approximate surface area is 110 Å². The summed E-state index contributed by atoms with van der Waals surface area (Å²) < 4.78 is 2.66. The van der Waals surface area contributed by atoms with Gasteiger partial charge in [-0.1, -0.05) is 0 Å². The van der Waals surface area contributed by atoms with Gasteiger partial charge < -0.3 is 9.67 Å². The summed E-state index contributed by atoms with van der Waals surface area (Å²) in [5, 5.41) is 9.52. The molecule has 2 rings (SSSR count). The minimum Gasteiger partial charge on any atom is -0.477 e. The third-order valence-corrected chi connectivity index (χ3v) is 4.86. The van der Waals surface area contributed by atoms with Crippen molar-refractivity contribution in [1.82, 2.24) is 4.57 Å². The Morgan fingerprint density at radius 1 is 1.59 bits per heavy atom. The highest BCUT2D eigenvalue weighted by molar-refractivity contribution is 9.11. The van der Waals surface area contributed by atoms with Crippen molar-refractivity contribution in [1.29, 1.82) is 0 Å². The van der Waals surface area contributed by atoms with Gasteiger partial charge in [0.25, 0.3) is 0 Å². The Balaban J connectivity index is 3.01. The third-order valence-electron chi connectivity index (χ3n) is 2.66. The molecule has 0 aliphatic heterocycles. The summed E-state index contributed by atoms with van der Waals surface area (Å²) in [5.41, 5.74) is 0.227. The second-order valence-electron chi connectivity index (χ2n) is 3.64. The highest BCUT2D eigenvalue weighted by Crippen LogP contribution is 2.33. The van der Waals surface area contributed by atoms with E-state index in [1.807, 2.05) is 13.8 Å². The molecule has 0 bridgehead atoms. The molecule has 0 aliphatic rings. The standard InChI is InChI=1S/C11H10BrNO3S/c1-3-13-4-6(11(15)16)8(14)7-5(2)9(12)17-10(7)13/h4H,3H2,1-2H3,(H,15,16). The van der Waals surface area contributed by atoms with Crippen molar-refractivity contribution in [3.8, 4) is 0 Å². The van der Waals surface area contributed by atoms with Crippen LogP contribution in [-0.4, -0.2) is 15.6 Å². The molecule has 90 valence electrons. The summed E-state index contributed by atoms with van der Waals surface area (Å²) in [6.45, 7) is 4.36. The molecule has 0 unspecified atom stereocenters. The predicted octanol–water partition coefficient (Wildman–Crippen LogP) is 2.85. The Morgan fingerprint density at radius 3 is 2.76 bits per heavy atom. The van der Waals surface area contributed by atoms with E-state index in [2.05, 4.69) is 15.9 Å². The van der Waals surface area contributed by atoms with Crippen LogP contribution < -0.4 is 5.43 Å². The van der Waals surface area contributed by atoms with Crippen LogP contribution in [0.3, 0.4) is 0 Å². The number of rotatable bonds is 2. The Morgan fingerprint density at radius 2 is 2.24 bits per heavy atom. The second kappa shape index (κ2) is 4.27. The minimum atomic E-state index is -1.18. The second-order valence-corrected chi connectivity index (χ2v) is 5.96. The lowest BCUT2D eigenvalue weighted by Gasteiger charge is -2.06. The molecule has 0 saturated heterocycles. The first kappa shape index (κ1) is 12.3. The summed E-state index contributed by atoms with van der Waals surface area (Å²) >= 11 is 4.84. The average molecular weight is 316 g/mol. The van der Waals surface area contributed by atoms with Crippen molar-refractivity contribution in [2.24, 2.45) is 0 Å². The fourth-order valence-corrected chi connectivity index (χ4v) is 3.47. The number of pyridine rings is 1. The molecule has 2 heterocycles. The number of nitrogens with zero attached hydrogens (tertiary/aromatic N) is 1. The summed E-state index contributed by atoms with van der Waals surface area (Å²) in [5.74, 6) is -1.18. The van der Waals surface area contributed by atoms with Gasteiger partial charge in [-0.2, -0.15) is 0 Å². The van der Waals surface area contributed by atoms with E-state index in [1.165, 1.54) is 17.5 Å². The van der Waals surface area contributed by atoms with Gasteiger partial charge in [0.1, 0.15) is 10.4 Å². The van der Waals surface area contributed by atoms with E-state index >= 15 is 0 Å². The molecular formula is C11H10BrNO3S. The van der Waals surface area contributed by atoms with Gasteiger partial charge in [-0.3, -0.25) is 4.79 Å². The van der Waals surface area contributed by atoms with Crippen LogP contribution in [0.1, 0.15) is 22.8 Å². The van der Waals surface area contributed by atoms with E-state index in [0.717, 1.165) is 14.2 Å². The molecule has 0 saturated carbocycles. The Hall–Kier alpha value is -1.14. The van der Waals surface area contributed by atoms with Crippen molar-refractivity contribution in [2.45, 2.75) is 20.4 Å². The van der Waals surface area contributed by atoms with Crippen molar-refractivity contribution >= 4 is 43.5 Å². The highest BCUT2D eigenvalue weighted by Gasteiger charge is 2.18. The van der Waals surface area contributed by atoms with Gasteiger partial charge >= 0.3 is 5.97 Å². The molecule has 0 atom stereocenters. The van der Waals surface area contributed by atoms with Crippen LogP contribution in [0.2, 0.25) is 0 Å². The average Bonchev–Trinajstić information content (AvgIpc) is 2.56. The largest absolute Gasteiger partial charge is 0.477 e. The SMILES string of the molecule is CCn1cc(C(=O)O)c(=O)c2c(C)c(Br)sc21. The van der Waals surface area contributed by atoms with E-state index in [1.54, 1.807) is 4.57 Å². The number of aromatic nitrogens is 1. The molecule has 0 radical (unpaired) electrons. The number of aryl methyl sites for hydroxylation is 2. The van der Waals surface area contributed by atoms with Crippen molar-refractivity contribution < 1.29 is 9.90 Å². The lowest BCUT2D eigenvalue weighted by Crippen LogP contribution is -2.18. The number of halogens is 1. The fourth-order valence-electron chi connectivity index (χ4n) is 1.74. The first-order chi connectivity index (χ1) is 7.97. The number of carboxylic acids is 1.